The molecule has 1 fully saturated rings. The van der Waals surface area contributed by atoms with Crippen molar-refractivity contribution in [1.82, 2.24) is 4.90 Å². The van der Waals surface area contributed by atoms with E-state index < -0.39 is 0 Å². The van der Waals surface area contributed by atoms with Crippen molar-refractivity contribution < 1.29 is 4.74 Å². The van der Waals surface area contributed by atoms with Crippen LogP contribution in [0.5, 0.6) is 0 Å². The van der Waals surface area contributed by atoms with Crippen LogP contribution in [0.15, 0.2) is 24.3 Å². The molecule has 1 saturated heterocycles. The zero-order valence-electron chi connectivity index (χ0n) is 10.7. The Morgan fingerprint density at radius 2 is 1.94 bits per heavy atom. The fourth-order valence-electron chi connectivity index (χ4n) is 2.49. The minimum absolute atomic E-state index is 0.350. The van der Waals surface area contributed by atoms with Gasteiger partial charge in [0.15, 0.2) is 0 Å². The van der Waals surface area contributed by atoms with Crippen molar-refractivity contribution in [2.75, 3.05) is 13.7 Å². The lowest BCUT2D eigenvalue weighted by molar-refractivity contribution is 0.0814. The van der Waals surface area contributed by atoms with Crippen LogP contribution in [0.1, 0.15) is 24.5 Å². The van der Waals surface area contributed by atoms with Crippen LogP contribution in [0.2, 0.25) is 0 Å². The molecule has 0 amide bonds. The number of hydrogen-bond acceptors (Lipinski definition) is 3. The Labute approximate surface area is 104 Å². The summed E-state index contributed by atoms with van der Waals surface area (Å²) in [6.45, 7) is 4.64. The third-order valence-electron chi connectivity index (χ3n) is 3.59. The summed E-state index contributed by atoms with van der Waals surface area (Å²) in [5.74, 6) is 0. The van der Waals surface area contributed by atoms with E-state index in [-0.39, 0.29) is 0 Å². The fourth-order valence-corrected chi connectivity index (χ4v) is 2.49. The Morgan fingerprint density at radius 3 is 2.47 bits per heavy atom. The number of hydrogen-bond donors (Lipinski definition) is 1. The number of nitrogens with two attached hydrogens (primary N) is 1. The molecule has 1 aromatic carbocycles. The van der Waals surface area contributed by atoms with E-state index in [1.807, 2.05) is 0 Å². The Bertz CT molecular complexity index is 350. The first-order chi connectivity index (χ1) is 8.20. The first kappa shape index (κ1) is 12.6. The molecule has 0 saturated carbocycles. The van der Waals surface area contributed by atoms with Gasteiger partial charge in [-0.05, 0) is 31.5 Å². The highest BCUT2D eigenvalue weighted by Gasteiger charge is 2.27. The molecule has 1 heterocycles. The minimum atomic E-state index is 0.350. The second kappa shape index (κ2) is 5.63. The first-order valence-electron chi connectivity index (χ1n) is 6.30. The number of ether oxygens (including phenoxy) is 1. The van der Waals surface area contributed by atoms with Gasteiger partial charge in [-0.1, -0.05) is 24.3 Å². The second-order valence-electron chi connectivity index (χ2n) is 4.87. The molecule has 1 aliphatic heterocycles. The first-order valence-corrected chi connectivity index (χ1v) is 6.30. The van der Waals surface area contributed by atoms with Gasteiger partial charge in [-0.3, -0.25) is 4.90 Å². The van der Waals surface area contributed by atoms with Crippen LogP contribution < -0.4 is 5.73 Å². The Hall–Kier alpha value is -0.900. The highest BCUT2D eigenvalue weighted by atomic mass is 16.5. The van der Waals surface area contributed by atoms with E-state index >= 15 is 0 Å². The standard InChI is InChI=1S/C14H22N2O/c1-11-14(7-8-17-11)16(2)10-13-5-3-12(9-15)4-6-13/h3-6,11,14H,7-10,15H2,1-2H3. The molecule has 94 valence electrons. The topological polar surface area (TPSA) is 38.5 Å². The molecule has 0 bridgehead atoms. The summed E-state index contributed by atoms with van der Waals surface area (Å²) in [5.41, 5.74) is 8.12. The van der Waals surface area contributed by atoms with Crippen molar-refractivity contribution in [3.63, 3.8) is 0 Å². The summed E-state index contributed by atoms with van der Waals surface area (Å²) in [6.07, 6.45) is 1.49. The van der Waals surface area contributed by atoms with Gasteiger partial charge in [0.1, 0.15) is 0 Å². The molecule has 0 radical (unpaired) electrons. The number of nitrogens with zero attached hydrogens (tertiary/aromatic N) is 1. The monoisotopic (exact) mass is 234 g/mol. The summed E-state index contributed by atoms with van der Waals surface area (Å²) >= 11 is 0. The quantitative estimate of drug-likeness (QED) is 0.862. The molecule has 1 aromatic rings. The van der Waals surface area contributed by atoms with Crippen LogP contribution in [0.3, 0.4) is 0 Å². The van der Waals surface area contributed by atoms with Gasteiger partial charge in [-0.2, -0.15) is 0 Å². The average molecular weight is 234 g/mol. The van der Waals surface area contributed by atoms with E-state index in [4.69, 9.17) is 10.5 Å². The third kappa shape index (κ3) is 3.06. The van der Waals surface area contributed by atoms with Crippen LogP contribution >= 0.6 is 0 Å². The number of likely N-dealkylation sites (N-methyl/N-ethyl adjacent to an activating group) is 1. The maximum Gasteiger partial charge on any atom is 0.0703 e. The molecule has 2 unspecified atom stereocenters. The maximum absolute atomic E-state index is 5.60. The van der Waals surface area contributed by atoms with Crippen LogP contribution in [-0.2, 0) is 17.8 Å². The van der Waals surface area contributed by atoms with Crippen LogP contribution in [0.25, 0.3) is 0 Å². The molecule has 0 aromatic heterocycles. The van der Waals surface area contributed by atoms with Crippen LogP contribution in [-0.4, -0.2) is 30.7 Å². The van der Waals surface area contributed by atoms with E-state index in [1.165, 1.54) is 11.1 Å². The van der Waals surface area contributed by atoms with Gasteiger partial charge in [0, 0.05) is 25.7 Å². The molecule has 2 atom stereocenters. The molecule has 17 heavy (non-hydrogen) atoms. The highest BCUT2D eigenvalue weighted by Crippen LogP contribution is 2.20. The Balaban J connectivity index is 1.95. The zero-order valence-corrected chi connectivity index (χ0v) is 10.7. The van der Waals surface area contributed by atoms with Crippen molar-refractivity contribution in [3.8, 4) is 0 Å². The van der Waals surface area contributed by atoms with Crippen molar-refractivity contribution in [1.29, 1.82) is 0 Å². The number of benzene rings is 1. The lowest BCUT2D eigenvalue weighted by Crippen LogP contribution is -2.36. The van der Waals surface area contributed by atoms with Gasteiger partial charge in [-0.25, -0.2) is 0 Å². The highest BCUT2D eigenvalue weighted by molar-refractivity contribution is 5.22. The largest absolute Gasteiger partial charge is 0.377 e. The Kier molecular flexibility index (Phi) is 4.15. The summed E-state index contributed by atoms with van der Waals surface area (Å²) in [5, 5.41) is 0. The summed E-state index contributed by atoms with van der Waals surface area (Å²) in [7, 11) is 2.17. The lowest BCUT2D eigenvalue weighted by atomic mass is 10.1. The SMILES string of the molecule is CC1OCCC1N(C)Cc1ccc(CN)cc1. The summed E-state index contributed by atoms with van der Waals surface area (Å²) in [6, 6.07) is 9.09. The normalized spacial score (nSPS) is 24.5. The molecule has 0 aliphatic carbocycles. The smallest absolute Gasteiger partial charge is 0.0703 e. The van der Waals surface area contributed by atoms with Crippen molar-refractivity contribution >= 4 is 0 Å². The zero-order chi connectivity index (χ0) is 12.3. The van der Waals surface area contributed by atoms with Gasteiger partial charge >= 0.3 is 0 Å². The van der Waals surface area contributed by atoms with Crippen molar-refractivity contribution in [2.24, 2.45) is 5.73 Å². The molecule has 1 aliphatic rings. The van der Waals surface area contributed by atoms with Crippen LogP contribution in [0.4, 0.5) is 0 Å². The van der Waals surface area contributed by atoms with Gasteiger partial charge in [0.2, 0.25) is 0 Å². The maximum atomic E-state index is 5.60. The predicted molar refractivity (Wildman–Crippen MR) is 69.6 cm³/mol. The van der Waals surface area contributed by atoms with Crippen molar-refractivity contribution in [3.05, 3.63) is 35.4 Å². The van der Waals surface area contributed by atoms with E-state index in [9.17, 15) is 0 Å². The molecular weight excluding hydrogens is 212 g/mol. The lowest BCUT2D eigenvalue weighted by Gasteiger charge is -2.26. The Morgan fingerprint density at radius 1 is 1.29 bits per heavy atom. The molecule has 3 heteroatoms. The fraction of sp³-hybridized carbons (Fsp3) is 0.571. The molecule has 0 spiro atoms. The van der Waals surface area contributed by atoms with Gasteiger partial charge in [0.05, 0.1) is 6.10 Å². The van der Waals surface area contributed by atoms with E-state index in [0.29, 0.717) is 18.7 Å². The minimum Gasteiger partial charge on any atom is -0.377 e. The van der Waals surface area contributed by atoms with Gasteiger partial charge < -0.3 is 10.5 Å². The summed E-state index contributed by atoms with van der Waals surface area (Å²) in [4.78, 5) is 2.38. The molecule has 3 nitrogen and oxygen atoms in total. The molecule has 2 N–H and O–H groups in total. The number of rotatable bonds is 4. The average Bonchev–Trinajstić information content (AvgIpc) is 2.76. The predicted octanol–water partition coefficient (Wildman–Crippen LogP) is 1.75. The second-order valence-corrected chi connectivity index (χ2v) is 4.87. The molecular formula is C14H22N2O. The summed E-state index contributed by atoms with van der Waals surface area (Å²) < 4.78 is 5.60. The van der Waals surface area contributed by atoms with E-state index in [0.717, 1.165) is 19.6 Å². The van der Waals surface area contributed by atoms with E-state index in [1.54, 1.807) is 0 Å². The van der Waals surface area contributed by atoms with Crippen molar-refractivity contribution in [2.45, 2.75) is 38.6 Å². The van der Waals surface area contributed by atoms with Crippen LogP contribution in [0, 0.1) is 0 Å². The third-order valence-corrected chi connectivity index (χ3v) is 3.59. The van der Waals surface area contributed by atoms with E-state index in [2.05, 4.69) is 43.1 Å². The van der Waals surface area contributed by atoms with Gasteiger partial charge in [0.25, 0.3) is 0 Å². The molecule has 2 rings (SSSR count). The van der Waals surface area contributed by atoms with Gasteiger partial charge in [-0.15, -0.1) is 0 Å².